The number of rotatable bonds is 6. The highest BCUT2D eigenvalue weighted by molar-refractivity contribution is 5.21. The van der Waals surface area contributed by atoms with Crippen molar-refractivity contribution in [3.8, 4) is 5.75 Å². The van der Waals surface area contributed by atoms with Gasteiger partial charge in [-0.25, -0.2) is 0 Å². The van der Waals surface area contributed by atoms with Gasteiger partial charge in [0, 0.05) is 0 Å². The summed E-state index contributed by atoms with van der Waals surface area (Å²) >= 11 is 0. The van der Waals surface area contributed by atoms with Crippen LogP contribution in [0.1, 0.15) is 12.0 Å². The van der Waals surface area contributed by atoms with Gasteiger partial charge >= 0.3 is 0 Å². The van der Waals surface area contributed by atoms with Gasteiger partial charge in [0.25, 0.3) is 0 Å². The van der Waals surface area contributed by atoms with E-state index in [0.29, 0.717) is 6.61 Å². The SMILES string of the molecule is C(=C\COc1ccccc1)/CCc1ccccc1. The first-order valence-corrected chi connectivity index (χ1v) is 6.32. The Labute approximate surface area is 109 Å². The lowest BCUT2D eigenvalue weighted by Gasteiger charge is -2.01. The number of hydrogen-bond donors (Lipinski definition) is 0. The first kappa shape index (κ1) is 12.4. The predicted molar refractivity (Wildman–Crippen MR) is 75.8 cm³/mol. The van der Waals surface area contributed by atoms with E-state index in [2.05, 4.69) is 36.4 Å². The summed E-state index contributed by atoms with van der Waals surface area (Å²) in [6.45, 7) is 0.638. The van der Waals surface area contributed by atoms with Crippen molar-refractivity contribution >= 4 is 0 Å². The first-order chi connectivity index (χ1) is 8.95. The van der Waals surface area contributed by atoms with Crippen molar-refractivity contribution in [1.82, 2.24) is 0 Å². The molecule has 0 saturated heterocycles. The van der Waals surface area contributed by atoms with Crippen LogP contribution in [0.5, 0.6) is 5.75 Å². The largest absolute Gasteiger partial charge is 0.490 e. The average Bonchev–Trinajstić information content (AvgIpc) is 2.45. The van der Waals surface area contributed by atoms with Gasteiger partial charge in [-0.05, 0) is 30.5 Å². The topological polar surface area (TPSA) is 9.23 Å². The predicted octanol–water partition coefficient (Wildman–Crippen LogP) is 4.25. The van der Waals surface area contributed by atoms with Crippen molar-refractivity contribution in [3.63, 3.8) is 0 Å². The van der Waals surface area contributed by atoms with Gasteiger partial charge in [-0.15, -0.1) is 0 Å². The quantitative estimate of drug-likeness (QED) is 0.683. The molecule has 1 nitrogen and oxygen atoms in total. The molecule has 0 unspecified atom stereocenters. The Morgan fingerprint density at radius 1 is 0.778 bits per heavy atom. The van der Waals surface area contributed by atoms with E-state index in [0.717, 1.165) is 18.6 Å². The van der Waals surface area contributed by atoms with Gasteiger partial charge in [0.1, 0.15) is 12.4 Å². The molecule has 0 aliphatic carbocycles. The Bertz CT molecular complexity index is 414. The third-order valence-corrected chi connectivity index (χ3v) is 2.70. The molecule has 1 heteroatoms. The molecule has 0 spiro atoms. The van der Waals surface area contributed by atoms with E-state index in [4.69, 9.17) is 4.74 Å². The molecule has 0 radical (unpaired) electrons. The number of allylic oxidation sites excluding steroid dienone is 1. The van der Waals surface area contributed by atoms with E-state index in [9.17, 15) is 0 Å². The molecule has 2 rings (SSSR count). The maximum atomic E-state index is 5.57. The molecule has 0 saturated carbocycles. The van der Waals surface area contributed by atoms with Crippen LogP contribution >= 0.6 is 0 Å². The van der Waals surface area contributed by atoms with Gasteiger partial charge in [-0.3, -0.25) is 0 Å². The lowest BCUT2D eigenvalue weighted by atomic mass is 10.1. The maximum absolute atomic E-state index is 5.57. The zero-order valence-corrected chi connectivity index (χ0v) is 10.5. The number of aryl methyl sites for hydroxylation is 1. The van der Waals surface area contributed by atoms with Crippen LogP contribution in [0.25, 0.3) is 0 Å². The fraction of sp³-hybridized carbons (Fsp3) is 0.176. The minimum absolute atomic E-state index is 0.638. The minimum Gasteiger partial charge on any atom is -0.490 e. The molecule has 0 aliphatic rings. The Hall–Kier alpha value is -2.02. The minimum atomic E-state index is 0.638. The molecule has 0 aromatic heterocycles. The molecule has 2 aromatic rings. The Morgan fingerprint density at radius 2 is 1.44 bits per heavy atom. The van der Waals surface area contributed by atoms with Crippen LogP contribution in [-0.4, -0.2) is 6.61 Å². The zero-order valence-electron chi connectivity index (χ0n) is 10.5. The van der Waals surface area contributed by atoms with Crippen LogP contribution in [0.3, 0.4) is 0 Å². The Kier molecular flexibility index (Phi) is 5.07. The Balaban J connectivity index is 1.64. The van der Waals surface area contributed by atoms with Gasteiger partial charge in [-0.2, -0.15) is 0 Å². The summed E-state index contributed by atoms with van der Waals surface area (Å²) in [6, 6.07) is 20.4. The summed E-state index contributed by atoms with van der Waals surface area (Å²) in [4.78, 5) is 0. The van der Waals surface area contributed by atoms with Gasteiger partial charge in [0.05, 0.1) is 0 Å². The third kappa shape index (κ3) is 4.46. The van der Waals surface area contributed by atoms with Crippen LogP contribution < -0.4 is 4.74 Å². The van der Waals surface area contributed by atoms with Crippen molar-refractivity contribution in [3.05, 3.63) is 78.4 Å². The summed E-state index contributed by atoms with van der Waals surface area (Å²) in [7, 11) is 0. The van der Waals surface area contributed by atoms with Crippen LogP contribution in [0.2, 0.25) is 0 Å². The second-order valence-corrected chi connectivity index (χ2v) is 4.12. The average molecular weight is 238 g/mol. The number of benzene rings is 2. The molecule has 18 heavy (non-hydrogen) atoms. The van der Waals surface area contributed by atoms with Gasteiger partial charge < -0.3 is 4.74 Å². The molecule has 0 amide bonds. The second kappa shape index (κ2) is 7.33. The van der Waals surface area contributed by atoms with E-state index in [1.165, 1.54) is 5.56 Å². The van der Waals surface area contributed by atoms with Gasteiger partial charge in [0.2, 0.25) is 0 Å². The monoisotopic (exact) mass is 238 g/mol. The number of hydrogen-bond acceptors (Lipinski definition) is 1. The molecule has 0 bridgehead atoms. The fourth-order valence-corrected chi connectivity index (χ4v) is 1.74. The summed E-state index contributed by atoms with van der Waals surface area (Å²) in [5, 5.41) is 0. The molecule has 0 atom stereocenters. The normalized spacial score (nSPS) is 10.7. The molecule has 2 aromatic carbocycles. The van der Waals surface area contributed by atoms with Crippen LogP contribution in [0.15, 0.2) is 72.8 Å². The van der Waals surface area contributed by atoms with Crippen LogP contribution in [0.4, 0.5) is 0 Å². The van der Waals surface area contributed by atoms with E-state index in [1.54, 1.807) is 0 Å². The van der Waals surface area contributed by atoms with Crippen molar-refractivity contribution in [2.75, 3.05) is 6.61 Å². The van der Waals surface area contributed by atoms with Crippen LogP contribution in [0, 0.1) is 0 Å². The van der Waals surface area contributed by atoms with Crippen molar-refractivity contribution in [1.29, 1.82) is 0 Å². The molecule has 0 aliphatic heterocycles. The second-order valence-electron chi connectivity index (χ2n) is 4.12. The summed E-state index contributed by atoms with van der Waals surface area (Å²) < 4.78 is 5.57. The lowest BCUT2D eigenvalue weighted by molar-refractivity contribution is 0.362. The molecular weight excluding hydrogens is 220 g/mol. The van der Waals surface area contributed by atoms with E-state index >= 15 is 0 Å². The summed E-state index contributed by atoms with van der Waals surface area (Å²) in [5.74, 6) is 0.921. The van der Waals surface area contributed by atoms with E-state index in [-0.39, 0.29) is 0 Å². The standard InChI is InChI=1S/C17H18O/c1-4-10-16(11-5-1)12-6-3-9-15-18-17-13-7-2-8-14-17/h1-5,7-11,13-14H,6,12,15H2/b9-3+. The Morgan fingerprint density at radius 3 is 2.17 bits per heavy atom. The van der Waals surface area contributed by atoms with Crippen molar-refractivity contribution < 1.29 is 4.74 Å². The highest BCUT2D eigenvalue weighted by Gasteiger charge is 1.89. The fourth-order valence-electron chi connectivity index (χ4n) is 1.74. The number of para-hydroxylation sites is 1. The van der Waals surface area contributed by atoms with Crippen molar-refractivity contribution in [2.45, 2.75) is 12.8 Å². The molecule has 0 heterocycles. The lowest BCUT2D eigenvalue weighted by Crippen LogP contribution is -1.92. The molecule has 0 fully saturated rings. The maximum Gasteiger partial charge on any atom is 0.119 e. The smallest absolute Gasteiger partial charge is 0.119 e. The van der Waals surface area contributed by atoms with Gasteiger partial charge in [-0.1, -0.05) is 60.7 Å². The first-order valence-electron chi connectivity index (χ1n) is 6.32. The number of ether oxygens (including phenoxy) is 1. The van der Waals surface area contributed by atoms with E-state index < -0.39 is 0 Å². The van der Waals surface area contributed by atoms with E-state index in [1.807, 2.05) is 36.4 Å². The third-order valence-electron chi connectivity index (χ3n) is 2.70. The van der Waals surface area contributed by atoms with Crippen LogP contribution in [-0.2, 0) is 6.42 Å². The molecule has 92 valence electrons. The molecular formula is C17H18O. The van der Waals surface area contributed by atoms with Gasteiger partial charge in [0.15, 0.2) is 0 Å². The highest BCUT2D eigenvalue weighted by atomic mass is 16.5. The summed E-state index contributed by atoms with van der Waals surface area (Å²) in [5.41, 5.74) is 1.38. The van der Waals surface area contributed by atoms with Crippen molar-refractivity contribution in [2.24, 2.45) is 0 Å². The molecule has 0 N–H and O–H groups in total. The summed E-state index contributed by atoms with van der Waals surface area (Å²) in [6.07, 6.45) is 6.40. The highest BCUT2D eigenvalue weighted by Crippen LogP contribution is 2.08. The zero-order chi connectivity index (χ0) is 12.5.